The zero-order valence-corrected chi connectivity index (χ0v) is 11.4. The van der Waals surface area contributed by atoms with Gasteiger partial charge in [-0.05, 0) is 12.8 Å². The van der Waals surface area contributed by atoms with Crippen LogP contribution in [-0.4, -0.2) is 39.5 Å². The number of amides is 1. The lowest BCUT2D eigenvalue weighted by atomic mass is 10.2. The maximum atomic E-state index is 12.4. The molecule has 0 unspecified atom stereocenters. The third-order valence-electron chi connectivity index (χ3n) is 3.28. The summed E-state index contributed by atoms with van der Waals surface area (Å²) in [5.41, 5.74) is 5.78. The van der Waals surface area contributed by atoms with E-state index in [9.17, 15) is 9.59 Å². The molecule has 1 fully saturated rings. The summed E-state index contributed by atoms with van der Waals surface area (Å²) in [5, 5.41) is 11.3. The number of thiazole rings is 1. The Balaban J connectivity index is 2.16. The Bertz CT molecular complexity index is 469. The van der Waals surface area contributed by atoms with E-state index in [-0.39, 0.29) is 18.5 Å². The monoisotopic (exact) mass is 283 g/mol. The molecule has 7 heteroatoms. The van der Waals surface area contributed by atoms with Crippen molar-refractivity contribution in [2.75, 3.05) is 6.54 Å². The second kappa shape index (κ2) is 6.12. The van der Waals surface area contributed by atoms with Gasteiger partial charge in [-0.15, -0.1) is 11.3 Å². The second-order valence-corrected chi connectivity index (χ2v) is 5.54. The van der Waals surface area contributed by atoms with Gasteiger partial charge in [-0.1, -0.05) is 12.8 Å². The predicted octanol–water partition coefficient (Wildman–Crippen LogP) is 1.07. The Kier molecular flexibility index (Phi) is 4.49. The largest absolute Gasteiger partial charge is 0.480 e. The van der Waals surface area contributed by atoms with Gasteiger partial charge in [0.25, 0.3) is 5.91 Å². The molecule has 1 heterocycles. The van der Waals surface area contributed by atoms with Gasteiger partial charge in [-0.25, -0.2) is 4.98 Å². The molecule has 1 aliphatic carbocycles. The van der Waals surface area contributed by atoms with Crippen molar-refractivity contribution in [3.8, 4) is 0 Å². The van der Waals surface area contributed by atoms with Crippen molar-refractivity contribution in [2.45, 2.75) is 38.3 Å². The van der Waals surface area contributed by atoms with Gasteiger partial charge in [0.05, 0.1) is 0 Å². The molecule has 0 atom stereocenters. The molecule has 0 spiro atoms. The van der Waals surface area contributed by atoms with Crippen LogP contribution < -0.4 is 5.73 Å². The van der Waals surface area contributed by atoms with Crippen molar-refractivity contribution in [1.29, 1.82) is 0 Å². The lowest BCUT2D eigenvalue weighted by molar-refractivity contribution is -0.138. The number of nitrogens with two attached hydrogens (primary N) is 1. The third kappa shape index (κ3) is 3.30. The van der Waals surface area contributed by atoms with Crippen LogP contribution in [0.2, 0.25) is 0 Å². The summed E-state index contributed by atoms with van der Waals surface area (Å²) < 4.78 is 0. The highest BCUT2D eigenvalue weighted by molar-refractivity contribution is 7.09. The van der Waals surface area contributed by atoms with Gasteiger partial charge in [-0.2, -0.15) is 0 Å². The summed E-state index contributed by atoms with van der Waals surface area (Å²) in [7, 11) is 0. The summed E-state index contributed by atoms with van der Waals surface area (Å²) in [6, 6.07) is 0.0200. The minimum absolute atomic E-state index is 0.0200. The second-order valence-electron chi connectivity index (χ2n) is 4.60. The van der Waals surface area contributed by atoms with Crippen LogP contribution in [0.5, 0.6) is 0 Å². The first-order valence-electron chi connectivity index (χ1n) is 6.29. The van der Waals surface area contributed by atoms with E-state index >= 15 is 0 Å². The molecule has 0 radical (unpaired) electrons. The maximum absolute atomic E-state index is 12.4. The van der Waals surface area contributed by atoms with E-state index in [4.69, 9.17) is 10.8 Å². The number of carboxylic acids is 1. The van der Waals surface area contributed by atoms with Crippen molar-refractivity contribution in [2.24, 2.45) is 5.73 Å². The molecule has 0 aromatic carbocycles. The molecule has 0 aliphatic heterocycles. The van der Waals surface area contributed by atoms with Crippen molar-refractivity contribution in [3.05, 3.63) is 16.1 Å². The quantitative estimate of drug-likeness (QED) is 0.842. The summed E-state index contributed by atoms with van der Waals surface area (Å²) in [5.74, 6) is -1.29. The number of carbonyl (C=O) groups excluding carboxylic acids is 1. The Morgan fingerprint density at radius 3 is 2.68 bits per heavy atom. The number of aliphatic carboxylic acids is 1. The Hall–Kier alpha value is -1.47. The van der Waals surface area contributed by atoms with E-state index in [0.717, 1.165) is 25.7 Å². The normalized spacial score (nSPS) is 15.6. The van der Waals surface area contributed by atoms with Gasteiger partial charge in [-0.3, -0.25) is 9.59 Å². The molecule has 3 N–H and O–H groups in total. The van der Waals surface area contributed by atoms with E-state index < -0.39 is 5.97 Å². The fourth-order valence-corrected chi connectivity index (χ4v) is 3.03. The molecular formula is C12H17N3O3S. The Morgan fingerprint density at radius 2 is 2.16 bits per heavy atom. The number of carbonyl (C=O) groups is 2. The molecule has 104 valence electrons. The maximum Gasteiger partial charge on any atom is 0.323 e. The average Bonchev–Trinajstić information content (AvgIpc) is 3.05. The first-order chi connectivity index (χ1) is 9.11. The van der Waals surface area contributed by atoms with E-state index in [1.807, 2.05) is 0 Å². The van der Waals surface area contributed by atoms with Crippen LogP contribution in [0.25, 0.3) is 0 Å². The fraction of sp³-hybridized carbons (Fsp3) is 0.583. The molecule has 1 saturated carbocycles. The number of hydrogen-bond donors (Lipinski definition) is 2. The van der Waals surface area contributed by atoms with Crippen LogP contribution in [0.3, 0.4) is 0 Å². The van der Waals surface area contributed by atoms with Crippen LogP contribution >= 0.6 is 11.3 Å². The average molecular weight is 283 g/mol. The highest BCUT2D eigenvalue weighted by atomic mass is 32.1. The van der Waals surface area contributed by atoms with E-state index in [1.54, 1.807) is 5.38 Å². The van der Waals surface area contributed by atoms with Crippen molar-refractivity contribution in [3.63, 3.8) is 0 Å². The summed E-state index contributed by atoms with van der Waals surface area (Å²) in [6.45, 7) is 0.0271. The van der Waals surface area contributed by atoms with Gasteiger partial charge in [0.15, 0.2) is 0 Å². The SMILES string of the molecule is NCc1nc(C(=O)N(CC(=O)O)C2CCCC2)cs1. The number of aromatic nitrogens is 1. The highest BCUT2D eigenvalue weighted by Crippen LogP contribution is 2.25. The first kappa shape index (κ1) is 14.0. The van der Waals surface area contributed by atoms with Crippen molar-refractivity contribution < 1.29 is 14.7 Å². The van der Waals surface area contributed by atoms with Gasteiger partial charge < -0.3 is 15.7 Å². The molecule has 1 aromatic heterocycles. The Morgan fingerprint density at radius 1 is 1.47 bits per heavy atom. The molecule has 1 amide bonds. The number of hydrogen-bond acceptors (Lipinski definition) is 5. The lowest BCUT2D eigenvalue weighted by Crippen LogP contribution is -2.42. The summed E-state index contributed by atoms with van der Waals surface area (Å²) in [4.78, 5) is 28.9. The summed E-state index contributed by atoms with van der Waals surface area (Å²) in [6.07, 6.45) is 3.82. The zero-order chi connectivity index (χ0) is 13.8. The highest BCUT2D eigenvalue weighted by Gasteiger charge is 2.30. The smallest absolute Gasteiger partial charge is 0.323 e. The topological polar surface area (TPSA) is 96.5 Å². The van der Waals surface area contributed by atoms with Crippen LogP contribution in [0.15, 0.2) is 5.38 Å². The van der Waals surface area contributed by atoms with E-state index in [0.29, 0.717) is 17.2 Å². The molecule has 0 saturated heterocycles. The van der Waals surface area contributed by atoms with Gasteiger partial charge in [0.1, 0.15) is 17.2 Å². The van der Waals surface area contributed by atoms with Crippen molar-refractivity contribution in [1.82, 2.24) is 9.88 Å². The zero-order valence-electron chi connectivity index (χ0n) is 10.5. The van der Waals surface area contributed by atoms with Crippen LogP contribution in [0.1, 0.15) is 41.2 Å². The first-order valence-corrected chi connectivity index (χ1v) is 7.17. The van der Waals surface area contributed by atoms with E-state index in [1.165, 1.54) is 16.2 Å². The van der Waals surface area contributed by atoms with Crippen LogP contribution in [0, 0.1) is 0 Å². The number of carboxylic acid groups (broad SMARTS) is 1. The number of nitrogens with zero attached hydrogens (tertiary/aromatic N) is 2. The van der Waals surface area contributed by atoms with Gasteiger partial charge in [0, 0.05) is 18.0 Å². The third-order valence-corrected chi connectivity index (χ3v) is 4.15. The fourth-order valence-electron chi connectivity index (χ4n) is 2.38. The standard InChI is InChI=1S/C12H17N3O3S/c13-5-10-14-9(7-19-10)12(18)15(6-11(16)17)8-3-1-2-4-8/h7-8H,1-6,13H2,(H,16,17). The predicted molar refractivity (Wildman–Crippen MR) is 70.9 cm³/mol. The molecular weight excluding hydrogens is 266 g/mol. The van der Waals surface area contributed by atoms with E-state index in [2.05, 4.69) is 4.98 Å². The minimum atomic E-state index is -0.991. The summed E-state index contributed by atoms with van der Waals surface area (Å²) >= 11 is 1.33. The number of rotatable bonds is 5. The molecule has 2 rings (SSSR count). The van der Waals surface area contributed by atoms with Gasteiger partial charge >= 0.3 is 5.97 Å². The molecule has 1 aromatic rings. The Labute approximate surface area is 115 Å². The van der Waals surface area contributed by atoms with Crippen molar-refractivity contribution >= 4 is 23.2 Å². The van der Waals surface area contributed by atoms with Crippen LogP contribution in [0.4, 0.5) is 0 Å². The molecule has 1 aliphatic rings. The molecule has 19 heavy (non-hydrogen) atoms. The molecule has 0 bridgehead atoms. The van der Waals surface area contributed by atoms with Gasteiger partial charge in [0.2, 0.25) is 0 Å². The lowest BCUT2D eigenvalue weighted by Gasteiger charge is -2.26. The van der Waals surface area contributed by atoms with Crippen LogP contribution in [-0.2, 0) is 11.3 Å². The molecule has 6 nitrogen and oxygen atoms in total. The minimum Gasteiger partial charge on any atom is -0.480 e.